The van der Waals surface area contributed by atoms with Gasteiger partial charge >= 0.3 is 0 Å². The predicted molar refractivity (Wildman–Crippen MR) is 126 cm³/mol. The zero-order valence-electron chi connectivity index (χ0n) is 18.5. The van der Waals surface area contributed by atoms with Crippen molar-refractivity contribution in [1.82, 2.24) is 0 Å². The summed E-state index contributed by atoms with van der Waals surface area (Å²) in [5.74, 6) is 1.75. The van der Waals surface area contributed by atoms with Crippen molar-refractivity contribution >= 4 is 11.6 Å². The number of phenolic OH excluding ortho intramolecular Hbond substituents is 1. The molecule has 5 atom stereocenters. The Morgan fingerprint density at radius 2 is 1.94 bits per heavy atom. The number of aromatic hydroxyl groups is 1. The van der Waals surface area contributed by atoms with Gasteiger partial charge in [-0.15, -0.1) is 0 Å². The molecule has 0 spiro atoms. The van der Waals surface area contributed by atoms with Crippen molar-refractivity contribution in [3.63, 3.8) is 0 Å². The van der Waals surface area contributed by atoms with Crippen LogP contribution in [0.5, 0.6) is 5.75 Å². The van der Waals surface area contributed by atoms with Crippen LogP contribution in [-0.2, 0) is 12.8 Å². The molecule has 2 aromatic rings. The Hall–Kier alpha value is -2.28. The minimum Gasteiger partial charge on any atom is -0.508 e. The van der Waals surface area contributed by atoms with E-state index in [2.05, 4.69) is 25.1 Å². The van der Waals surface area contributed by atoms with E-state index in [0.29, 0.717) is 40.5 Å². The molecule has 0 aromatic heterocycles. The quantitative estimate of drug-likeness (QED) is 0.587. The van der Waals surface area contributed by atoms with Crippen LogP contribution in [0.1, 0.15) is 67.2 Å². The number of rotatable bonds is 3. The SMILES string of the molecule is C[C@]12CC[C@@H]3c4ccc(O)cc4CC[C@H]3[C@@H]1CC=C(Cl)[C@@]2(O)CCc1ccc(C#N)cc1. The Morgan fingerprint density at radius 1 is 1.16 bits per heavy atom. The Bertz CT molecular complexity index is 1100. The molecule has 0 bridgehead atoms. The molecule has 2 N–H and O–H groups in total. The Balaban J connectivity index is 1.43. The maximum atomic E-state index is 12.1. The summed E-state index contributed by atoms with van der Waals surface area (Å²) in [5, 5.41) is 31.7. The first-order chi connectivity index (χ1) is 15.4. The smallest absolute Gasteiger partial charge is 0.115 e. The Morgan fingerprint density at radius 3 is 2.69 bits per heavy atom. The minimum absolute atomic E-state index is 0.263. The summed E-state index contributed by atoms with van der Waals surface area (Å²) in [7, 11) is 0. The van der Waals surface area contributed by atoms with Gasteiger partial charge in [0.2, 0.25) is 0 Å². The first-order valence-electron chi connectivity index (χ1n) is 11.7. The molecular weight excluding hydrogens is 418 g/mol. The van der Waals surface area contributed by atoms with Crippen molar-refractivity contribution in [2.75, 3.05) is 0 Å². The van der Waals surface area contributed by atoms with E-state index in [1.807, 2.05) is 36.4 Å². The van der Waals surface area contributed by atoms with Gasteiger partial charge in [0.15, 0.2) is 0 Å². The molecule has 32 heavy (non-hydrogen) atoms. The van der Waals surface area contributed by atoms with E-state index >= 15 is 0 Å². The number of hydrogen-bond acceptors (Lipinski definition) is 3. The van der Waals surface area contributed by atoms with Crippen molar-refractivity contribution in [3.05, 3.63) is 75.8 Å². The van der Waals surface area contributed by atoms with Crippen LogP contribution in [0.25, 0.3) is 0 Å². The molecule has 166 valence electrons. The first kappa shape index (κ1) is 21.6. The molecule has 0 radical (unpaired) electrons. The highest BCUT2D eigenvalue weighted by Gasteiger charge is 2.59. The molecule has 1 saturated carbocycles. The third-order valence-electron chi connectivity index (χ3n) is 8.85. The largest absolute Gasteiger partial charge is 0.508 e. The van der Waals surface area contributed by atoms with Gasteiger partial charge in [0, 0.05) is 10.4 Å². The lowest BCUT2D eigenvalue weighted by Gasteiger charge is -2.60. The summed E-state index contributed by atoms with van der Waals surface area (Å²) < 4.78 is 0. The second kappa shape index (κ2) is 7.94. The molecule has 0 unspecified atom stereocenters. The van der Waals surface area contributed by atoms with Gasteiger partial charge in [-0.2, -0.15) is 5.26 Å². The average Bonchev–Trinajstić information content (AvgIpc) is 2.80. The summed E-state index contributed by atoms with van der Waals surface area (Å²) >= 11 is 6.76. The van der Waals surface area contributed by atoms with Gasteiger partial charge in [-0.3, -0.25) is 0 Å². The lowest BCUT2D eigenvalue weighted by atomic mass is 9.47. The molecule has 0 aliphatic heterocycles. The molecule has 3 nitrogen and oxygen atoms in total. The molecule has 0 heterocycles. The van der Waals surface area contributed by atoms with Gasteiger partial charge < -0.3 is 10.2 Å². The summed E-state index contributed by atoms with van der Waals surface area (Å²) in [4.78, 5) is 0. The molecule has 5 rings (SSSR count). The van der Waals surface area contributed by atoms with Crippen LogP contribution in [-0.4, -0.2) is 15.8 Å². The highest BCUT2D eigenvalue weighted by molar-refractivity contribution is 6.30. The third-order valence-corrected chi connectivity index (χ3v) is 9.32. The molecule has 2 aromatic carbocycles. The van der Waals surface area contributed by atoms with E-state index < -0.39 is 5.60 Å². The van der Waals surface area contributed by atoms with Crippen LogP contribution in [0.2, 0.25) is 0 Å². The van der Waals surface area contributed by atoms with E-state index in [1.165, 1.54) is 11.1 Å². The number of halogens is 1. The van der Waals surface area contributed by atoms with Gasteiger partial charge in [-0.05, 0) is 104 Å². The monoisotopic (exact) mass is 447 g/mol. The molecule has 4 heteroatoms. The fourth-order valence-electron chi connectivity index (χ4n) is 6.99. The van der Waals surface area contributed by atoms with Gasteiger partial charge in [-0.1, -0.05) is 42.8 Å². The van der Waals surface area contributed by atoms with Crippen LogP contribution in [0.4, 0.5) is 0 Å². The number of benzene rings is 2. The fourth-order valence-corrected chi connectivity index (χ4v) is 7.38. The van der Waals surface area contributed by atoms with Crippen molar-refractivity contribution in [3.8, 4) is 11.8 Å². The molecule has 0 saturated heterocycles. The summed E-state index contributed by atoms with van der Waals surface area (Å²) in [5.41, 5.74) is 3.15. The summed E-state index contributed by atoms with van der Waals surface area (Å²) in [6.45, 7) is 2.26. The van der Waals surface area contributed by atoms with Crippen LogP contribution in [0.3, 0.4) is 0 Å². The number of fused-ring (bicyclic) bond motifs is 5. The predicted octanol–water partition coefficient (Wildman–Crippen LogP) is 6.22. The Kier molecular flexibility index (Phi) is 5.35. The fraction of sp³-hybridized carbons (Fsp3) is 0.464. The number of aryl methyl sites for hydroxylation is 2. The van der Waals surface area contributed by atoms with E-state index in [-0.39, 0.29) is 5.41 Å². The second-order valence-corrected chi connectivity index (χ2v) is 10.6. The van der Waals surface area contributed by atoms with Gasteiger partial charge in [0.25, 0.3) is 0 Å². The minimum atomic E-state index is -1.04. The standard InChI is InChI=1S/C28H30ClNO2/c1-27-14-13-23-22-9-7-21(31)16-20(22)6-8-24(23)25(27)10-11-26(29)28(27,32)15-12-18-2-4-19(17-30)5-3-18/h2-5,7,9,11,16,23-25,31-32H,6,8,10,12-15H2,1H3/t23-,24-,25+,27+,28+/m1/s1. The lowest BCUT2D eigenvalue weighted by molar-refractivity contribution is -0.128. The number of aliphatic hydroxyl groups is 1. The normalized spacial score (nSPS) is 33.3. The number of nitrogens with zero attached hydrogens (tertiary/aromatic N) is 1. The zero-order chi connectivity index (χ0) is 22.5. The van der Waals surface area contributed by atoms with Gasteiger partial charge in [-0.25, -0.2) is 0 Å². The summed E-state index contributed by atoms with van der Waals surface area (Å²) in [6.07, 6.45) is 8.36. The second-order valence-electron chi connectivity index (χ2n) is 10.2. The number of allylic oxidation sites excluding steroid dienone is 1. The van der Waals surface area contributed by atoms with Gasteiger partial charge in [0.1, 0.15) is 11.4 Å². The average molecular weight is 448 g/mol. The van der Waals surface area contributed by atoms with Crippen LogP contribution >= 0.6 is 11.6 Å². The van der Waals surface area contributed by atoms with E-state index in [9.17, 15) is 10.2 Å². The highest BCUT2D eigenvalue weighted by atomic mass is 35.5. The Labute approximate surface area is 195 Å². The lowest BCUT2D eigenvalue weighted by Crippen LogP contribution is -2.58. The maximum absolute atomic E-state index is 12.1. The molecular formula is C28H30ClNO2. The van der Waals surface area contributed by atoms with Crippen molar-refractivity contribution in [2.45, 2.75) is 63.4 Å². The molecule has 3 aliphatic carbocycles. The van der Waals surface area contributed by atoms with Crippen molar-refractivity contribution in [2.24, 2.45) is 17.3 Å². The van der Waals surface area contributed by atoms with E-state index in [1.54, 1.807) is 0 Å². The van der Waals surface area contributed by atoms with E-state index in [4.69, 9.17) is 16.9 Å². The van der Waals surface area contributed by atoms with Crippen molar-refractivity contribution in [1.29, 1.82) is 5.26 Å². The highest BCUT2D eigenvalue weighted by Crippen LogP contribution is 2.63. The van der Waals surface area contributed by atoms with Gasteiger partial charge in [0.05, 0.1) is 11.6 Å². The molecule has 1 fully saturated rings. The topological polar surface area (TPSA) is 64.2 Å². The first-order valence-corrected chi connectivity index (χ1v) is 12.1. The molecule has 0 amide bonds. The maximum Gasteiger partial charge on any atom is 0.115 e. The third kappa shape index (κ3) is 3.28. The number of nitriles is 1. The van der Waals surface area contributed by atoms with Crippen LogP contribution in [0.15, 0.2) is 53.6 Å². The molecule has 3 aliphatic rings. The van der Waals surface area contributed by atoms with E-state index in [0.717, 1.165) is 44.1 Å². The summed E-state index contributed by atoms with van der Waals surface area (Å²) in [6, 6.07) is 15.7. The van der Waals surface area contributed by atoms with Crippen LogP contribution in [0, 0.1) is 28.6 Å². The number of phenols is 1. The van der Waals surface area contributed by atoms with Crippen molar-refractivity contribution < 1.29 is 10.2 Å². The van der Waals surface area contributed by atoms with Crippen LogP contribution < -0.4 is 0 Å². The zero-order valence-corrected chi connectivity index (χ0v) is 19.3. The number of hydrogen-bond donors (Lipinski definition) is 2.